The molecule has 0 spiro atoms. The number of hydrogen-bond acceptors (Lipinski definition) is 4. The van der Waals surface area contributed by atoms with Crippen molar-refractivity contribution in [3.05, 3.63) is 23.8 Å². The van der Waals surface area contributed by atoms with Gasteiger partial charge in [-0.3, -0.25) is 0 Å². The summed E-state index contributed by atoms with van der Waals surface area (Å²) in [5.41, 5.74) is 0.104. The molecule has 1 unspecified atom stereocenters. The molecule has 0 radical (unpaired) electrons. The van der Waals surface area contributed by atoms with Crippen LogP contribution in [0.1, 0.15) is 26.3 Å². The van der Waals surface area contributed by atoms with E-state index in [4.69, 9.17) is 14.2 Å². The lowest BCUT2D eigenvalue weighted by atomic mass is 9.86. The molecule has 0 fully saturated rings. The van der Waals surface area contributed by atoms with E-state index < -0.39 is 5.60 Å². The molecule has 1 aromatic rings. The molecule has 1 atom stereocenters. The molecule has 0 N–H and O–H groups in total. The first-order valence-electron chi connectivity index (χ1n) is 6.56. The molecule has 1 aromatic carbocycles. The predicted octanol–water partition coefficient (Wildman–Crippen LogP) is 2.59. The Hall–Kier alpha value is -1.71. The van der Waals surface area contributed by atoms with Crippen LogP contribution in [0.4, 0.5) is 0 Å². The van der Waals surface area contributed by atoms with Gasteiger partial charge in [-0.25, -0.2) is 4.79 Å². The zero-order chi connectivity index (χ0) is 14.0. The Morgan fingerprint density at radius 2 is 2.21 bits per heavy atom. The van der Waals surface area contributed by atoms with Crippen LogP contribution in [0.25, 0.3) is 0 Å². The smallest absolute Gasteiger partial charge is 0.351 e. The van der Waals surface area contributed by atoms with Crippen LogP contribution in [-0.4, -0.2) is 25.3 Å². The zero-order valence-electron chi connectivity index (χ0n) is 11.9. The Bertz CT molecular complexity index is 481. The number of benzene rings is 1. The van der Waals surface area contributed by atoms with Gasteiger partial charge in [0, 0.05) is 18.4 Å². The van der Waals surface area contributed by atoms with E-state index in [0.717, 1.165) is 11.3 Å². The Morgan fingerprint density at radius 1 is 1.47 bits per heavy atom. The van der Waals surface area contributed by atoms with E-state index in [2.05, 4.69) is 0 Å². The molecule has 0 saturated heterocycles. The highest BCUT2D eigenvalue weighted by Crippen LogP contribution is 2.41. The van der Waals surface area contributed by atoms with Gasteiger partial charge in [0.15, 0.2) is 0 Å². The van der Waals surface area contributed by atoms with Gasteiger partial charge >= 0.3 is 5.97 Å². The second-order valence-corrected chi connectivity index (χ2v) is 5.02. The molecule has 19 heavy (non-hydrogen) atoms. The maximum atomic E-state index is 12.3. The summed E-state index contributed by atoms with van der Waals surface area (Å²) in [6.07, 6.45) is 0.544. The Morgan fingerprint density at radius 3 is 2.79 bits per heavy atom. The normalized spacial score (nSPS) is 20.9. The van der Waals surface area contributed by atoms with Crippen molar-refractivity contribution >= 4 is 5.97 Å². The highest BCUT2D eigenvalue weighted by molar-refractivity contribution is 5.82. The van der Waals surface area contributed by atoms with Crippen LogP contribution in [0.2, 0.25) is 0 Å². The van der Waals surface area contributed by atoms with Gasteiger partial charge in [0.05, 0.1) is 13.7 Å². The van der Waals surface area contributed by atoms with Crippen LogP contribution in [0.15, 0.2) is 18.2 Å². The number of carbonyl (C=O) groups excluding carboxylic acids is 1. The molecule has 0 aromatic heterocycles. The van der Waals surface area contributed by atoms with E-state index in [1.807, 2.05) is 32.0 Å². The number of carbonyl (C=O) groups is 1. The quantitative estimate of drug-likeness (QED) is 0.784. The van der Waals surface area contributed by atoms with E-state index in [-0.39, 0.29) is 11.9 Å². The largest absolute Gasteiger partial charge is 0.497 e. The fourth-order valence-corrected chi connectivity index (χ4v) is 2.34. The topological polar surface area (TPSA) is 44.8 Å². The molecule has 0 bridgehead atoms. The predicted molar refractivity (Wildman–Crippen MR) is 71.5 cm³/mol. The molecule has 1 aliphatic rings. The second-order valence-electron chi connectivity index (χ2n) is 5.02. The van der Waals surface area contributed by atoms with E-state index in [0.29, 0.717) is 18.8 Å². The number of esters is 1. The van der Waals surface area contributed by atoms with Gasteiger partial charge in [0.2, 0.25) is 5.60 Å². The molecule has 104 valence electrons. The molecule has 1 aliphatic heterocycles. The van der Waals surface area contributed by atoms with Gasteiger partial charge in [0.25, 0.3) is 0 Å². The minimum absolute atomic E-state index is 0.0324. The lowest BCUT2D eigenvalue weighted by Crippen LogP contribution is -2.49. The minimum Gasteiger partial charge on any atom is -0.497 e. The lowest BCUT2D eigenvalue weighted by molar-refractivity contribution is -0.164. The second kappa shape index (κ2) is 5.11. The van der Waals surface area contributed by atoms with Crippen LogP contribution in [-0.2, 0) is 16.0 Å². The summed E-state index contributed by atoms with van der Waals surface area (Å²) in [6, 6.07) is 5.64. The van der Waals surface area contributed by atoms with Gasteiger partial charge in [0.1, 0.15) is 11.5 Å². The number of fused-ring (bicyclic) bond motifs is 1. The summed E-state index contributed by atoms with van der Waals surface area (Å²) in [7, 11) is 1.61. The molecular weight excluding hydrogens is 244 g/mol. The Kier molecular flexibility index (Phi) is 3.69. The third-order valence-corrected chi connectivity index (χ3v) is 3.57. The molecule has 1 heterocycles. The molecule has 0 aliphatic carbocycles. The lowest BCUT2D eigenvalue weighted by Gasteiger charge is -2.30. The maximum absolute atomic E-state index is 12.3. The monoisotopic (exact) mass is 264 g/mol. The fourth-order valence-electron chi connectivity index (χ4n) is 2.34. The SMILES string of the molecule is CCOC(=O)C1(C(C)C)Cc2ccc(OC)cc2O1. The highest BCUT2D eigenvalue weighted by atomic mass is 16.6. The Balaban J connectivity index is 2.34. The first-order valence-corrected chi connectivity index (χ1v) is 6.56. The summed E-state index contributed by atoms with van der Waals surface area (Å²) in [4.78, 5) is 12.3. The van der Waals surface area contributed by atoms with Crippen molar-refractivity contribution in [2.45, 2.75) is 32.8 Å². The first kappa shape index (κ1) is 13.7. The van der Waals surface area contributed by atoms with Crippen molar-refractivity contribution in [1.29, 1.82) is 0 Å². The first-order chi connectivity index (χ1) is 9.03. The molecule has 0 saturated carbocycles. The van der Waals surface area contributed by atoms with Crippen molar-refractivity contribution in [1.82, 2.24) is 0 Å². The van der Waals surface area contributed by atoms with E-state index in [1.54, 1.807) is 14.0 Å². The van der Waals surface area contributed by atoms with Crippen LogP contribution in [0, 0.1) is 5.92 Å². The van der Waals surface area contributed by atoms with Crippen LogP contribution >= 0.6 is 0 Å². The third-order valence-electron chi connectivity index (χ3n) is 3.57. The number of rotatable bonds is 4. The molecule has 4 heteroatoms. The minimum atomic E-state index is -0.912. The van der Waals surface area contributed by atoms with Crippen molar-refractivity contribution < 1.29 is 19.0 Å². The van der Waals surface area contributed by atoms with Crippen molar-refractivity contribution in [2.75, 3.05) is 13.7 Å². The van der Waals surface area contributed by atoms with Crippen molar-refractivity contribution in [2.24, 2.45) is 5.92 Å². The van der Waals surface area contributed by atoms with Gasteiger partial charge in [-0.1, -0.05) is 19.9 Å². The highest BCUT2D eigenvalue weighted by Gasteiger charge is 2.50. The number of methoxy groups -OCH3 is 1. The number of ether oxygens (including phenoxy) is 3. The van der Waals surface area contributed by atoms with Gasteiger partial charge < -0.3 is 14.2 Å². The molecular formula is C15H20O4. The summed E-state index contributed by atoms with van der Waals surface area (Å²) >= 11 is 0. The van der Waals surface area contributed by atoms with Crippen LogP contribution in [0.5, 0.6) is 11.5 Å². The van der Waals surface area contributed by atoms with Crippen LogP contribution < -0.4 is 9.47 Å². The van der Waals surface area contributed by atoms with E-state index in [9.17, 15) is 4.79 Å². The van der Waals surface area contributed by atoms with Gasteiger partial charge in [-0.05, 0) is 18.6 Å². The zero-order valence-corrected chi connectivity index (χ0v) is 11.9. The molecule has 0 amide bonds. The average molecular weight is 264 g/mol. The van der Waals surface area contributed by atoms with Crippen molar-refractivity contribution in [3.8, 4) is 11.5 Å². The summed E-state index contributed by atoms with van der Waals surface area (Å²) in [5.74, 6) is 1.17. The standard InChI is InChI=1S/C15H20O4/c1-5-18-14(16)15(10(2)3)9-11-6-7-12(17-4)8-13(11)19-15/h6-8,10H,5,9H2,1-4H3. The summed E-state index contributed by atoms with van der Waals surface area (Å²) < 4.78 is 16.3. The maximum Gasteiger partial charge on any atom is 0.351 e. The van der Waals surface area contributed by atoms with E-state index in [1.165, 1.54) is 0 Å². The third kappa shape index (κ3) is 2.27. The Labute approximate surface area is 113 Å². The summed E-state index contributed by atoms with van der Waals surface area (Å²) in [5, 5.41) is 0. The fraction of sp³-hybridized carbons (Fsp3) is 0.533. The average Bonchev–Trinajstić information content (AvgIpc) is 2.78. The van der Waals surface area contributed by atoms with Gasteiger partial charge in [-0.15, -0.1) is 0 Å². The van der Waals surface area contributed by atoms with E-state index >= 15 is 0 Å². The van der Waals surface area contributed by atoms with Crippen LogP contribution in [0.3, 0.4) is 0 Å². The number of hydrogen-bond donors (Lipinski definition) is 0. The molecule has 2 rings (SSSR count). The molecule has 4 nitrogen and oxygen atoms in total. The van der Waals surface area contributed by atoms with Gasteiger partial charge in [-0.2, -0.15) is 0 Å². The summed E-state index contributed by atoms with van der Waals surface area (Å²) in [6.45, 7) is 6.10. The van der Waals surface area contributed by atoms with Crippen molar-refractivity contribution in [3.63, 3.8) is 0 Å².